The molecule has 2 rings (SSSR count). The number of hydrogen-bond donors (Lipinski definition) is 1. The minimum Gasteiger partial charge on any atom is -0.343 e. The van der Waals surface area contributed by atoms with Crippen molar-refractivity contribution in [3.63, 3.8) is 0 Å². The van der Waals surface area contributed by atoms with E-state index in [9.17, 15) is 14.9 Å². The van der Waals surface area contributed by atoms with Crippen molar-refractivity contribution in [3.05, 3.63) is 0 Å². The van der Waals surface area contributed by atoms with Gasteiger partial charge in [-0.3, -0.25) is 9.59 Å². The SMILES string of the molecule is CC1CC(C#N)(C(=O)NC(C)C(=O)N2CCCC2)C1. The average Bonchev–Trinajstić information content (AvgIpc) is 2.87. The predicted molar refractivity (Wildman–Crippen MR) is 69.9 cm³/mol. The predicted octanol–water partition coefficient (Wildman–Crippen LogP) is 1.05. The molecule has 0 spiro atoms. The normalized spacial score (nSPS) is 31.2. The van der Waals surface area contributed by atoms with Gasteiger partial charge in [-0.1, -0.05) is 6.92 Å². The lowest BCUT2D eigenvalue weighted by atomic mass is 9.63. The van der Waals surface area contributed by atoms with Gasteiger partial charge in [-0.2, -0.15) is 5.26 Å². The Hall–Kier alpha value is -1.57. The van der Waals surface area contributed by atoms with E-state index in [0.717, 1.165) is 25.9 Å². The maximum Gasteiger partial charge on any atom is 0.244 e. The van der Waals surface area contributed by atoms with Gasteiger partial charge in [0, 0.05) is 13.1 Å². The molecule has 0 bridgehead atoms. The summed E-state index contributed by atoms with van der Waals surface area (Å²) in [5, 5.41) is 11.9. The van der Waals surface area contributed by atoms with Gasteiger partial charge in [-0.05, 0) is 38.5 Å². The minimum absolute atomic E-state index is 0.0358. The first-order chi connectivity index (χ1) is 8.98. The molecular weight excluding hydrogens is 242 g/mol. The van der Waals surface area contributed by atoms with Crippen LogP contribution in [0.4, 0.5) is 0 Å². The molecular formula is C14H21N3O2. The Morgan fingerprint density at radius 2 is 1.95 bits per heavy atom. The Labute approximate surface area is 113 Å². The molecule has 0 aromatic heterocycles. The summed E-state index contributed by atoms with van der Waals surface area (Å²) < 4.78 is 0. The average molecular weight is 263 g/mol. The van der Waals surface area contributed by atoms with Crippen LogP contribution in [0.2, 0.25) is 0 Å². The van der Waals surface area contributed by atoms with Crippen LogP contribution in [-0.4, -0.2) is 35.8 Å². The molecule has 19 heavy (non-hydrogen) atoms. The Morgan fingerprint density at radius 3 is 2.42 bits per heavy atom. The lowest BCUT2D eigenvalue weighted by Crippen LogP contribution is -2.54. The molecule has 1 aliphatic carbocycles. The van der Waals surface area contributed by atoms with Gasteiger partial charge in [-0.25, -0.2) is 0 Å². The first kappa shape index (κ1) is 13.9. The van der Waals surface area contributed by atoms with Crippen LogP contribution in [0.1, 0.15) is 39.5 Å². The van der Waals surface area contributed by atoms with Crippen LogP contribution >= 0.6 is 0 Å². The molecule has 2 fully saturated rings. The quantitative estimate of drug-likeness (QED) is 0.827. The summed E-state index contributed by atoms with van der Waals surface area (Å²) in [6.07, 6.45) is 3.26. The van der Waals surface area contributed by atoms with E-state index in [4.69, 9.17) is 0 Å². The summed E-state index contributed by atoms with van der Waals surface area (Å²) in [7, 11) is 0. The second-order valence-electron chi connectivity index (χ2n) is 5.93. The van der Waals surface area contributed by atoms with E-state index >= 15 is 0 Å². The van der Waals surface area contributed by atoms with Crippen molar-refractivity contribution in [1.82, 2.24) is 10.2 Å². The van der Waals surface area contributed by atoms with Gasteiger partial charge < -0.3 is 10.2 Å². The summed E-state index contributed by atoms with van der Waals surface area (Å²) in [4.78, 5) is 26.0. The smallest absolute Gasteiger partial charge is 0.244 e. The van der Waals surface area contributed by atoms with E-state index in [0.29, 0.717) is 18.8 Å². The maximum atomic E-state index is 12.1. The van der Waals surface area contributed by atoms with Crippen LogP contribution in [0.25, 0.3) is 0 Å². The molecule has 0 radical (unpaired) electrons. The third kappa shape index (κ3) is 2.58. The number of nitrogens with zero attached hydrogens (tertiary/aromatic N) is 2. The van der Waals surface area contributed by atoms with Gasteiger partial charge in [0.1, 0.15) is 11.5 Å². The standard InChI is InChI=1S/C14H21N3O2/c1-10-7-14(8-10,9-15)13(19)16-11(2)12(18)17-5-3-4-6-17/h10-11H,3-8H2,1-2H3,(H,16,19). The lowest BCUT2D eigenvalue weighted by molar-refractivity contribution is -0.140. The Kier molecular flexibility index (Phi) is 3.79. The monoisotopic (exact) mass is 263 g/mol. The van der Waals surface area contributed by atoms with Gasteiger partial charge in [-0.15, -0.1) is 0 Å². The van der Waals surface area contributed by atoms with E-state index in [-0.39, 0.29) is 11.8 Å². The van der Waals surface area contributed by atoms with Crippen LogP contribution in [0.15, 0.2) is 0 Å². The van der Waals surface area contributed by atoms with Crippen molar-refractivity contribution in [2.24, 2.45) is 11.3 Å². The molecule has 1 saturated carbocycles. The van der Waals surface area contributed by atoms with Gasteiger partial charge in [0.15, 0.2) is 0 Å². The highest BCUT2D eigenvalue weighted by molar-refractivity contribution is 5.92. The van der Waals surface area contributed by atoms with Crippen LogP contribution in [-0.2, 0) is 9.59 Å². The van der Waals surface area contributed by atoms with E-state index in [1.165, 1.54) is 0 Å². The molecule has 1 unspecified atom stereocenters. The number of amides is 2. The van der Waals surface area contributed by atoms with Crippen LogP contribution in [0, 0.1) is 22.7 Å². The second kappa shape index (κ2) is 5.20. The second-order valence-corrected chi connectivity index (χ2v) is 5.93. The summed E-state index contributed by atoms with van der Waals surface area (Å²) in [6, 6.07) is 1.59. The highest BCUT2D eigenvalue weighted by atomic mass is 16.2. The van der Waals surface area contributed by atoms with Crippen molar-refractivity contribution in [3.8, 4) is 6.07 Å². The number of carbonyl (C=O) groups is 2. The third-order valence-electron chi connectivity index (χ3n) is 4.18. The molecule has 0 aromatic rings. The van der Waals surface area contributed by atoms with Crippen LogP contribution in [0.5, 0.6) is 0 Å². The molecule has 1 N–H and O–H groups in total. The Bertz CT molecular complexity index is 415. The zero-order valence-electron chi connectivity index (χ0n) is 11.6. The summed E-state index contributed by atoms with van der Waals surface area (Å²) in [6.45, 7) is 5.28. The van der Waals surface area contributed by atoms with Crippen molar-refractivity contribution in [2.45, 2.75) is 45.6 Å². The fraction of sp³-hybridized carbons (Fsp3) is 0.786. The number of carbonyl (C=O) groups excluding carboxylic acids is 2. The van der Waals surface area contributed by atoms with Crippen molar-refractivity contribution in [2.75, 3.05) is 13.1 Å². The molecule has 1 heterocycles. The zero-order valence-corrected chi connectivity index (χ0v) is 11.6. The first-order valence-electron chi connectivity index (χ1n) is 6.99. The number of nitrogens with one attached hydrogen (secondary N) is 1. The van der Waals surface area contributed by atoms with Gasteiger partial charge in [0.25, 0.3) is 0 Å². The van der Waals surface area contributed by atoms with Gasteiger partial charge >= 0.3 is 0 Å². The van der Waals surface area contributed by atoms with E-state index in [2.05, 4.69) is 11.4 Å². The molecule has 104 valence electrons. The fourth-order valence-electron chi connectivity index (χ4n) is 3.07. The molecule has 0 aromatic carbocycles. The van der Waals surface area contributed by atoms with Crippen LogP contribution in [0.3, 0.4) is 0 Å². The molecule has 1 aliphatic heterocycles. The van der Waals surface area contributed by atoms with Gasteiger partial charge in [0.05, 0.1) is 6.07 Å². The molecule has 5 heteroatoms. The largest absolute Gasteiger partial charge is 0.343 e. The zero-order chi connectivity index (χ0) is 14.0. The van der Waals surface area contributed by atoms with Crippen molar-refractivity contribution >= 4 is 11.8 Å². The van der Waals surface area contributed by atoms with Crippen molar-refractivity contribution < 1.29 is 9.59 Å². The maximum absolute atomic E-state index is 12.1. The van der Waals surface area contributed by atoms with Crippen molar-refractivity contribution in [1.29, 1.82) is 5.26 Å². The molecule has 5 nitrogen and oxygen atoms in total. The summed E-state index contributed by atoms with van der Waals surface area (Å²) in [5.41, 5.74) is -0.904. The minimum atomic E-state index is -0.904. The highest BCUT2D eigenvalue weighted by Crippen LogP contribution is 2.45. The Balaban J connectivity index is 1.91. The molecule has 1 saturated heterocycles. The molecule has 2 aliphatic rings. The highest BCUT2D eigenvalue weighted by Gasteiger charge is 2.49. The molecule has 1 atom stereocenters. The summed E-state index contributed by atoms with van der Waals surface area (Å²) >= 11 is 0. The van der Waals surface area contributed by atoms with E-state index < -0.39 is 11.5 Å². The van der Waals surface area contributed by atoms with E-state index in [1.807, 2.05) is 6.92 Å². The number of likely N-dealkylation sites (tertiary alicyclic amines) is 1. The number of hydrogen-bond acceptors (Lipinski definition) is 3. The fourth-order valence-corrected chi connectivity index (χ4v) is 3.07. The third-order valence-corrected chi connectivity index (χ3v) is 4.18. The van der Waals surface area contributed by atoms with Crippen LogP contribution < -0.4 is 5.32 Å². The lowest BCUT2D eigenvalue weighted by Gasteiger charge is -2.39. The van der Waals surface area contributed by atoms with E-state index in [1.54, 1.807) is 11.8 Å². The number of nitriles is 1. The summed E-state index contributed by atoms with van der Waals surface area (Å²) in [5.74, 6) is 0.0921. The first-order valence-corrected chi connectivity index (χ1v) is 6.99. The molecule has 2 amide bonds. The number of rotatable bonds is 3. The topological polar surface area (TPSA) is 73.2 Å². The Morgan fingerprint density at radius 1 is 1.37 bits per heavy atom. The van der Waals surface area contributed by atoms with Gasteiger partial charge in [0.2, 0.25) is 11.8 Å².